The molecule has 0 atom stereocenters. The fourth-order valence-electron chi connectivity index (χ4n) is 5.33. The lowest BCUT2D eigenvalue weighted by Gasteiger charge is -2.13. The van der Waals surface area contributed by atoms with E-state index in [1.54, 1.807) is 6.07 Å². The van der Waals surface area contributed by atoms with Crippen LogP contribution in [0.3, 0.4) is 0 Å². The second kappa shape index (κ2) is 18.0. The number of benzene rings is 2. The molecule has 0 aliphatic carbocycles. The average Bonchev–Trinajstić information content (AvgIpc) is 2.85. The van der Waals surface area contributed by atoms with Crippen molar-refractivity contribution in [2.24, 2.45) is 0 Å². The van der Waals surface area contributed by atoms with E-state index in [4.69, 9.17) is 0 Å². The molecule has 0 spiro atoms. The van der Waals surface area contributed by atoms with Crippen molar-refractivity contribution in [3.05, 3.63) is 41.5 Å². The number of hydrogen-bond donors (Lipinski definition) is 1. The number of unbranched alkanes of at least 4 members (excludes halogenated alkanes) is 16. The highest BCUT2D eigenvalue weighted by Crippen LogP contribution is 2.29. The van der Waals surface area contributed by atoms with Crippen LogP contribution in [0, 0.1) is 0 Å². The Morgan fingerprint density at radius 3 is 1.56 bits per heavy atom. The molecular formula is C32H52O3S. The molecule has 0 aromatic heterocycles. The lowest BCUT2D eigenvalue weighted by Crippen LogP contribution is -2.04. The molecule has 36 heavy (non-hydrogen) atoms. The predicted octanol–water partition coefficient (Wildman–Crippen LogP) is 10.2. The summed E-state index contributed by atoms with van der Waals surface area (Å²) in [5.41, 5.74) is 2.10. The number of rotatable bonds is 21. The summed E-state index contributed by atoms with van der Waals surface area (Å²) in [5, 5.41) is 2.06. The second-order valence-corrected chi connectivity index (χ2v) is 12.1. The van der Waals surface area contributed by atoms with E-state index in [0.717, 1.165) is 35.6 Å². The standard InChI is InChI=1S/C32H52O3S/c1-3-5-7-9-11-13-15-17-19-21-28-23-25-30-29(27-28)24-26-32(36(33,34)35)31(30)22-20-18-16-14-12-10-8-6-4-2/h23-27H,3-22H2,1-2H3,(H,33,34,35). The van der Waals surface area contributed by atoms with E-state index >= 15 is 0 Å². The van der Waals surface area contributed by atoms with Crippen LogP contribution in [-0.2, 0) is 23.0 Å². The lowest BCUT2D eigenvalue weighted by atomic mass is 9.96. The highest BCUT2D eigenvalue weighted by atomic mass is 32.2. The van der Waals surface area contributed by atoms with Gasteiger partial charge in [0.05, 0.1) is 4.90 Å². The van der Waals surface area contributed by atoms with E-state index in [0.29, 0.717) is 6.42 Å². The molecule has 4 heteroatoms. The molecule has 0 fully saturated rings. The Bertz CT molecular complexity index is 965. The Balaban J connectivity index is 1.88. The molecule has 0 aliphatic rings. The summed E-state index contributed by atoms with van der Waals surface area (Å²) >= 11 is 0. The van der Waals surface area contributed by atoms with E-state index in [2.05, 4.69) is 32.0 Å². The van der Waals surface area contributed by atoms with Gasteiger partial charge in [0.1, 0.15) is 0 Å². The minimum absolute atomic E-state index is 0.0845. The molecule has 2 aromatic rings. The molecule has 2 rings (SSSR count). The maximum atomic E-state index is 12.1. The summed E-state index contributed by atoms with van der Waals surface area (Å²) in [6.07, 6.45) is 24.8. The molecule has 0 heterocycles. The van der Waals surface area contributed by atoms with Crippen LogP contribution in [0.2, 0.25) is 0 Å². The van der Waals surface area contributed by atoms with Crippen molar-refractivity contribution in [1.29, 1.82) is 0 Å². The highest BCUT2D eigenvalue weighted by Gasteiger charge is 2.18. The van der Waals surface area contributed by atoms with Gasteiger partial charge in [0.25, 0.3) is 10.1 Å². The molecule has 0 amide bonds. The molecule has 0 saturated heterocycles. The summed E-state index contributed by atoms with van der Waals surface area (Å²) < 4.78 is 34.0. The fourth-order valence-corrected chi connectivity index (χ4v) is 6.09. The number of fused-ring (bicyclic) bond motifs is 1. The van der Waals surface area contributed by atoms with Gasteiger partial charge in [0.15, 0.2) is 0 Å². The van der Waals surface area contributed by atoms with E-state index in [1.807, 2.05) is 6.07 Å². The highest BCUT2D eigenvalue weighted by molar-refractivity contribution is 7.85. The van der Waals surface area contributed by atoms with Gasteiger partial charge in [-0.1, -0.05) is 141 Å². The van der Waals surface area contributed by atoms with Crippen LogP contribution < -0.4 is 0 Å². The maximum Gasteiger partial charge on any atom is 0.294 e. The van der Waals surface area contributed by atoms with Gasteiger partial charge in [-0.15, -0.1) is 0 Å². The Hall–Kier alpha value is -1.39. The molecule has 2 aromatic carbocycles. The summed E-state index contributed by atoms with van der Waals surface area (Å²) in [6, 6.07) is 9.91. The summed E-state index contributed by atoms with van der Waals surface area (Å²) in [5.74, 6) is 0. The van der Waals surface area contributed by atoms with Crippen LogP contribution in [0.5, 0.6) is 0 Å². The van der Waals surface area contributed by atoms with Crippen LogP contribution in [0.1, 0.15) is 141 Å². The Morgan fingerprint density at radius 2 is 1.06 bits per heavy atom. The van der Waals surface area contributed by atoms with Gasteiger partial charge in [0, 0.05) is 0 Å². The van der Waals surface area contributed by atoms with Crippen molar-refractivity contribution < 1.29 is 13.0 Å². The van der Waals surface area contributed by atoms with Gasteiger partial charge >= 0.3 is 0 Å². The first-order valence-electron chi connectivity index (χ1n) is 15.0. The molecule has 0 unspecified atom stereocenters. The number of hydrogen-bond acceptors (Lipinski definition) is 2. The third-order valence-electron chi connectivity index (χ3n) is 7.53. The zero-order valence-corrected chi connectivity index (χ0v) is 24.0. The topological polar surface area (TPSA) is 54.4 Å². The van der Waals surface area contributed by atoms with Gasteiger partial charge in [-0.3, -0.25) is 4.55 Å². The van der Waals surface area contributed by atoms with Crippen molar-refractivity contribution in [3.8, 4) is 0 Å². The van der Waals surface area contributed by atoms with Crippen LogP contribution in [0.15, 0.2) is 35.2 Å². The van der Waals surface area contributed by atoms with Crippen molar-refractivity contribution in [2.45, 2.75) is 147 Å². The molecule has 1 N–H and O–H groups in total. The normalized spacial score (nSPS) is 12.0. The molecule has 204 valence electrons. The molecule has 0 saturated carbocycles. The van der Waals surface area contributed by atoms with Gasteiger partial charge in [0.2, 0.25) is 0 Å². The molecule has 0 aliphatic heterocycles. The summed E-state index contributed by atoms with van der Waals surface area (Å²) in [7, 11) is -4.23. The SMILES string of the molecule is CCCCCCCCCCCc1ccc2c(CCCCCCCCCCC)c(S(=O)(=O)O)ccc2c1. The smallest absolute Gasteiger partial charge is 0.282 e. The first-order valence-corrected chi connectivity index (χ1v) is 16.4. The van der Waals surface area contributed by atoms with Gasteiger partial charge in [-0.25, -0.2) is 0 Å². The maximum absolute atomic E-state index is 12.1. The van der Waals surface area contributed by atoms with E-state index in [-0.39, 0.29) is 4.90 Å². The van der Waals surface area contributed by atoms with Crippen molar-refractivity contribution in [3.63, 3.8) is 0 Å². The molecule has 0 bridgehead atoms. The summed E-state index contributed by atoms with van der Waals surface area (Å²) in [4.78, 5) is 0.0845. The van der Waals surface area contributed by atoms with Crippen molar-refractivity contribution in [1.82, 2.24) is 0 Å². The summed E-state index contributed by atoms with van der Waals surface area (Å²) in [6.45, 7) is 4.51. The average molecular weight is 517 g/mol. The third-order valence-corrected chi connectivity index (χ3v) is 8.47. The zero-order valence-electron chi connectivity index (χ0n) is 23.2. The van der Waals surface area contributed by atoms with Crippen molar-refractivity contribution in [2.75, 3.05) is 0 Å². The van der Waals surface area contributed by atoms with Crippen LogP contribution in [0.4, 0.5) is 0 Å². The van der Waals surface area contributed by atoms with Gasteiger partial charge in [-0.2, -0.15) is 8.42 Å². The van der Waals surface area contributed by atoms with Crippen LogP contribution in [-0.4, -0.2) is 13.0 Å². The quantitative estimate of drug-likeness (QED) is 0.133. The third kappa shape index (κ3) is 11.8. The van der Waals surface area contributed by atoms with Crippen LogP contribution in [0.25, 0.3) is 10.8 Å². The first-order chi connectivity index (χ1) is 17.5. The molecule has 0 radical (unpaired) electrons. The first kappa shape index (κ1) is 30.8. The lowest BCUT2D eigenvalue weighted by molar-refractivity contribution is 0.482. The number of aryl methyl sites for hydroxylation is 2. The fraction of sp³-hybridized carbons (Fsp3) is 0.688. The van der Waals surface area contributed by atoms with E-state index < -0.39 is 10.1 Å². The Labute approximate surface area is 222 Å². The predicted molar refractivity (Wildman–Crippen MR) is 156 cm³/mol. The second-order valence-electron chi connectivity index (χ2n) is 10.7. The van der Waals surface area contributed by atoms with Crippen molar-refractivity contribution >= 4 is 20.9 Å². The van der Waals surface area contributed by atoms with E-state index in [9.17, 15) is 13.0 Å². The van der Waals surface area contributed by atoms with Gasteiger partial charge in [-0.05, 0) is 53.6 Å². The van der Waals surface area contributed by atoms with Gasteiger partial charge < -0.3 is 0 Å². The molecular weight excluding hydrogens is 464 g/mol. The molecule has 3 nitrogen and oxygen atoms in total. The Morgan fingerprint density at radius 1 is 0.583 bits per heavy atom. The minimum Gasteiger partial charge on any atom is -0.282 e. The largest absolute Gasteiger partial charge is 0.294 e. The Kier molecular flexibility index (Phi) is 15.4. The van der Waals surface area contributed by atoms with E-state index in [1.165, 1.54) is 108 Å². The minimum atomic E-state index is -4.23. The monoisotopic (exact) mass is 516 g/mol. The zero-order chi connectivity index (χ0) is 26.1. The van der Waals surface area contributed by atoms with Crippen LogP contribution >= 0.6 is 0 Å².